The zero-order valence-electron chi connectivity index (χ0n) is 10.5. The van der Waals surface area contributed by atoms with Gasteiger partial charge in [-0.05, 0) is 44.1 Å². The van der Waals surface area contributed by atoms with Crippen molar-refractivity contribution >= 4 is 0 Å². The third-order valence-electron chi connectivity index (χ3n) is 2.87. The molecule has 1 rings (SSSR count). The summed E-state index contributed by atoms with van der Waals surface area (Å²) in [6.07, 6.45) is -3.89. The molecule has 2 nitrogen and oxygen atoms in total. The minimum Gasteiger partial charge on any atom is -0.385 e. The normalized spacial score (nSPS) is 15.4. The smallest absolute Gasteiger partial charge is 0.385 e. The summed E-state index contributed by atoms with van der Waals surface area (Å²) in [6.45, 7) is 4.97. The molecule has 0 aliphatic heterocycles. The van der Waals surface area contributed by atoms with E-state index in [0.717, 1.165) is 18.7 Å². The highest BCUT2D eigenvalue weighted by molar-refractivity contribution is 5.28. The summed E-state index contributed by atoms with van der Waals surface area (Å²) < 4.78 is 37.2. The van der Waals surface area contributed by atoms with Gasteiger partial charge in [0, 0.05) is 0 Å². The maximum Gasteiger partial charge on any atom is 0.416 e. The lowest BCUT2D eigenvalue weighted by Gasteiger charge is -2.24. The van der Waals surface area contributed by atoms with Crippen LogP contribution < -0.4 is 5.32 Å². The Hall–Kier alpha value is -1.07. The third kappa shape index (κ3) is 3.99. The van der Waals surface area contributed by atoms with Gasteiger partial charge < -0.3 is 10.4 Å². The number of hydrogen-bond acceptors (Lipinski definition) is 2. The van der Waals surface area contributed by atoms with Gasteiger partial charge in [0.25, 0.3) is 0 Å². The van der Waals surface area contributed by atoms with Crippen LogP contribution in [0.2, 0.25) is 0 Å². The van der Waals surface area contributed by atoms with Crippen molar-refractivity contribution in [2.75, 3.05) is 13.1 Å². The molecule has 1 aromatic rings. The molecule has 0 amide bonds. The largest absolute Gasteiger partial charge is 0.416 e. The van der Waals surface area contributed by atoms with Crippen LogP contribution in [-0.4, -0.2) is 18.2 Å². The quantitative estimate of drug-likeness (QED) is 0.799. The molecule has 0 aliphatic rings. The monoisotopic (exact) mass is 261 g/mol. The molecule has 1 unspecified atom stereocenters. The lowest BCUT2D eigenvalue weighted by Crippen LogP contribution is -2.27. The Morgan fingerprint density at radius 2 is 1.61 bits per heavy atom. The Morgan fingerprint density at radius 3 is 2.06 bits per heavy atom. The van der Waals surface area contributed by atoms with Gasteiger partial charge in [-0.15, -0.1) is 0 Å². The summed E-state index contributed by atoms with van der Waals surface area (Å²) in [7, 11) is 0. The van der Waals surface area contributed by atoms with Gasteiger partial charge >= 0.3 is 6.18 Å². The van der Waals surface area contributed by atoms with E-state index in [1.54, 1.807) is 6.92 Å². The van der Waals surface area contributed by atoms with Crippen molar-refractivity contribution in [2.24, 2.45) is 0 Å². The van der Waals surface area contributed by atoms with Crippen molar-refractivity contribution < 1.29 is 18.3 Å². The Balaban J connectivity index is 2.77. The van der Waals surface area contributed by atoms with E-state index < -0.39 is 17.3 Å². The van der Waals surface area contributed by atoms with E-state index in [1.807, 2.05) is 6.92 Å². The van der Waals surface area contributed by atoms with Crippen molar-refractivity contribution in [3.8, 4) is 0 Å². The number of alkyl halides is 3. The number of rotatable bonds is 5. The second kappa shape index (κ2) is 5.71. The third-order valence-corrected chi connectivity index (χ3v) is 2.87. The summed E-state index contributed by atoms with van der Waals surface area (Å²) >= 11 is 0. The highest BCUT2D eigenvalue weighted by Gasteiger charge is 2.31. The molecule has 0 saturated carbocycles. The molecular formula is C13H18F3NO. The van der Waals surface area contributed by atoms with Gasteiger partial charge in [0.2, 0.25) is 0 Å². The first kappa shape index (κ1) is 15.0. The minimum atomic E-state index is -4.34. The number of halogens is 3. The molecule has 0 fully saturated rings. The fourth-order valence-corrected chi connectivity index (χ4v) is 1.67. The van der Waals surface area contributed by atoms with Crippen LogP contribution in [0.1, 0.15) is 31.4 Å². The predicted molar refractivity (Wildman–Crippen MR) is 64.2 cm³/mol. The SMILES string of the molecule is CCNCCC(C)(O)c1ccc(C(F)(F)F)cc1. The van der Waals surface area contributed by atoms with Gasteiger partial charge in [-0.2, -0.15) is 13.2 Å². The lowest BCUT2D eigenvalue weighted by atomic mass is 9.92. The molecule has 0 radical (unpaired) electrons. The standard InChI is InChI=1S/C13H18F3NO/c1-3-17-9-8-12(2,18)10-4-6-11(7-5-10)13(14,15)16/h4-7,17-18H,3,8-9H2,1-2H3. The molecule has 0 aromatic heterocycles. The van der Waals surface area contributed by atoms with Crippen LogP contribution in [-0.2, 0) is 11.8 Å². The average Bonchev–Trinajstić information content (AvgIpc) is 2.28. The molecular weight excluding hydrogens is 243 g/mol. The lowest BCUT2D eigenvalue weighted by molar-refractivity contribution is -0.137. The van der Waals surface area contributed by atoms with Crippen molar-refractivity contribution in [1.82, 2.24) is 5.32 Å². The molecule has 102 valence electrons. The van der Waals surface area contributed by atoms with Gasteiger partial charge in [-0.1, -0.05) is 19.1 Å². The highest BCUT2D eigenvalue weighted by Crippen LogP contribution is 2.31. The zero-order chi connectivity index (χ0) is 13.8. The number of aliphatic hydroxyl groups is 1. The summed E-state index contributed by atoms with van der Waals surface area (Å²) in [5.74, 6) is 0. The van der Waals surface area contributed by atoms with E-state index in [4.69, 9.17) is 0 Å². The van der Waals surface area contributed by atoms with Crippen molar-refractivity contribution in [3.05, 3.63) is 35.4 Å². The zero-order valence-corrected chi connectivity index (χ0v) is 10.5. The molecule has 1 atom stereocenters. The van der Waals surface area contributed by atoms with E-state index in [0.29, 0.717) is 18.5 Å². The summed E-state index contributed by atoms with van der Waals surface area (Å²) in [6, 6.07) is 4.65. The van der Waals surface area contributed by atoms with Crippen LogP contribution in [0.3, 0.4) is 0 Å². The van der Waals surface area contributed by atoms with Gasteiger partial charge in [0.1, 0.15) is 0 Å². The Bertz CT molecular complexity index is 371. The maximum atomic E-state index is 12.4. The molecule has 0 bridgehead atoms. The van der Waals surface area contributed by atoms with Crippen molar-refractivity contribution in [2.45, 2.75) is 32.0 Å². The number of nitrogens with one attached hydrogen (secondary N) is 1. The van der Waals surface area contributed by atoms with Crippen LogP contribution in [0.4, 0.5) is 13.2 Å². The van der Waals surface area contributed by atoms with Crippen LogP contribution in [0.25, 0.3) is 0 Å². The summed E-state index contributed by atoms with van der Waals surface area (Å²) in [5, 5.41) is 13.3. The van der Waals surface area contributed by atoms with E-state index >= 15 is 0 Å². The van der Waals surface area contributed by atoms with Gasteiger partial charge in [-0.25, -0.2) is 0 Å². The highest BCUT2D eigenvalue weighted by atomic mass is 19.4. The first-order chi connectivity index (χ1) is 8.27. The number of hydrogen-bond donors (Lipinski definition) is 2. The van der Waals surface area contributed by atoms with Crippen LogP contribution >= 0.6 is 0 Å². The topological polar surface area (TPSA) is 32.3 Å². The predicted octanol–water partition coefficient (Wildman–Crippen LogP) is 2.91. The van der Waals surface area contributed by atoms with Crippen LogP contribution in [0.5, 0.6) is 0 Å². The molecule has 18 heavy (non-hydrogen) atoms. The Labute approximate surface area is 105 Å². The summed E-state index contributed by atoms with van der Waals surface area (Å²) in [5.41, 5.74) is -1.33. The minimum absolute atomic E-state index is 0.451. The van der Waals surface area contributed by atoms with Crippen molar-refractivity contribution in [1.29, 1.82) is 0 Å². The number of benzene rings is 1. The first-order valence-electron chi connectivity index (χ1n) is 5.88. The fourth-order valence-electron chi connectivity index (χ4n) is 1.67. The fraction of sp³-hybridized carbons (Fsp3) is 0.538. The van der Waals surface area contributed by atoms with E-state index in [9.17, 15) is 18.3 Å². The van der Waals surface area contributed by atoms with E-state index in [1.165, 1.54) is 12.1 Å². The Morgan fingerprint density at radius 1 is 1.11 bits per heavy atom. The molecule has 5 heteroatoms. The van der Waals surface area contributed by atoms with Gasteiger partial charge in [0.15, 0.2) is 0 Å². The average molecular weight is 261 g/mol. The first-order valence-corrected chi connectivity index (χ1v) is 5.88. The second-order valence-corrected chi connectivity index (χ2v) is 4.45. The summed E-state index contributed by atoms with van der Waals surface area (Å²) in [4.78, 5) is 0. The van der Waals surface area contributed by atoms with E-state index in [-0.39, 0.29) is 0 Å². The van der Waals surface area contributed by atoms with Crippen LogP contribution in [0.15, 0.2) is 24.3 Å². The van der Waals surface area contributed by atoms with Crippen molar-refractivity contribution in [3.63, 3.8) is 0 Å². The molecule has 0 spiro atoms. The molecule has 1 aromatic carbocycles. The maximum absolute atomic E-state index is 12.4. The molecule has 2 N–H and O–H groups in total. The molecule has 0 heterocycles. The van der Waals surface area contributed by atoms with Crippen LogP contribution in [0, 0.1) is 0 Å². The van der Waals surface area contributed by atoms with E-state index in [2.05, 4.69) is 5.32 Å². The molecule has 0 saturated heterocycles. The Kier molecular flexibility index (Phi) is 4.76. The van der Waals surface area contributed by atoms with Gasteiger partial charge in [-0.3, -0.25) is 0 Å². The molecule has 0 aliphatic carbocycles. The van der Waals surface area contributed by atoms with Gasteiger partial charge in [0.05, 0.1) is 11.2 Å². The second-order valence-electron chi connectivity index (χ2n) is 4.45.